The number of rotatable bonds is 3. The molecule has 0 saturated heterocycles. The molecule has 1 aromatic heterocycles. The number of primary amides is 1. The number of hydrogen-bond acceptors (Lipinski definition) is 3. The topological polar surface area (TPSA) is 114 Å². The fourth-order valence-corrected chi connectivity index (χ4v) is 3.56. The molecule has 0 spiro atoms. The van der Waals surface area contributed by atoms with Gasteiger partial charge in [-0.25, -0.2) is 0 Å². The smallest absolute Gasteiger partial charge is 0.265 e. The third kappa shape index (κ3) is 2.41. The van der Waals surface area contributed by atoms with E-state index in [1.54, 1.807) is 12.3 Å². The lowest BCUT2D eigenvalue weighted by molar-refractivity contribution is -0.121. The number of anilines is 1. The molecular formula is C13H19ClN4O2. The largest absolute Gasteiger partial charge is 0.364 e. The van der Waals surface area contributed by atoms with Crippen molar-refractivity contribution in [2.75, 3.05) is 5.32 Å². The molecule has 20 heavy (non-hydrogen) atoms. The van der Waals surface area contributed by atoms with E-state index in [9.17, 15) is 9.59 Å². The van der Waals surface area contributed by atoms with Crippen LogP contribution in [0.15, 0.2) is 12.3 Å². The van der Waals surface area contributed by atoms with Crippen LogP contribution in [0, 0.1) is 17.8 Å². The van der Waals surface area contributed by atoms with Gasteiger partial charge in [-0.3, -0.25) is 9.59 Å². The van der Waals surface area contributed by atoms with Crippen LogP contribution in [0.2, 0.25) is 0 Å². The number of carbonyl (C=O) groups is 2. The summed E-state index contributed by atoms with van der Waals surface area (Å²) in [7, 11) is 0. The van der Waals surface area contributed by atoms with Gasteiger partial charge >= 0.3 is 0 Å². The highest BCUT2D eigenvalue weighted by molar-refractivity contribution is 5.96. The molecule has 1 heterocycles. The Balaban J connectivity index is 0.00000147. The van der Waals surface area contributed by atoms with Crippen molar-refractivity contribution in [2.24, 2.45) is 29.2 Å². The van der Waals surface area contributed by atoms with E-state index >= 15 is 0 Å². The quantitative estimate of drug-likeness (QED) is 0.663. The number of amides is 2. The summed E-state index contributed by atoms with van der Waals surface area (Å²) in [4.78, 5) is 26.0. The lowest BCUT2D eigenvalue weighted by Gasteiger charge is -2.26. The van der Waals surface area contributed by atoms with Gasteiger partial charge < -0.3 is 21.8 Å². The number of H-pyrrole nitrogens is 1. The van der Waals surface area contributed by atoms with E-state index in [4.69, 9.17) is 11.5 Å². The SMILES string of the molecule is Cl.NC(=O)c1cc(NC(=O)C2C3CCC(C3)C2N)c[nH]1. The molecule has 2 aliphatic rings. The zero-order valence-electron chi connectivity index (χ0n) is 11.0. The zero-order chi connectivity index (χ0) is 13.6. The van der Waals surface area contributed by atoms with Gasteiger partial charge in [0, 0.05) is 12.2 Å². The van der Waals surface area contributed by atoms with Crippen molar-refractivity contribution in [1.29, 1.82) is 0 Å². The van der Waals surface area contributed by atoms with Crippen LogP contribution in [0.3, 0.4) is 0 Å². The summed E-state index contributed by atoms with van der Waals surface area (Å²) >= 11 is 0. The maximum atomic E-state index is 12.3. The fourth-order valence-electron chi connectivity index (χ4n) is 3.56. The van der Waals surface area contributed by atoms with Gasteiger partial charge in [0.05, 0.1) is 11.6 Å². The first-order valence-electron chi connectivity index (χ1n) is 6.61. The van der Waals surface area contributed by atoms with Gasteiger partial charge in [0.15, 0.2) is 0 Å². The third-order valence-corrected chi connectivity index (χ3v) is 4.50. The maximum Gasteiger partial charge on any atom is 0.265 e. The van der Waals surface area contributed by atoms with Crippen molar-refractivity contribution in [2.45, 2.75) is 25.3 Å². The van der Waals surface area contributed by atoms with Gasteiger partial charge in [-0.15, -0.1) is 12.4 Å². The molecule has 6 nitrogen and oxygen atoms in total. The third-order valence-electron chi connectivity index (χ3n) is 4.50. The van der Waals surface area contributed by atoms with Crippen molar-refractivity contribution in [1.82, 2.24) is 4.98 Å². The minimum Gasteiger partial charge on any atom is -0.364 e. The Morgan fingerprint density at radius 3 is 2.55 bits per heavy atom. The van der Waals surface area contributed by atoms with Crippen LogP contribution in [-0.4, -0.2) is 22.8 Å². The second kappa shape index (κ2) is 5.46. The second-order valence-corrected chi connectivity index (χ2v) is 5.59. The zero-order valence-corrected chi connectivity index (χ0v) is 11.8. The summed E-state index contributed by atoms with van der Waals surface area (Å²) < 4.78 is 0. The Hall–Kier alpha value is -1.53. The standard InChI is InChI=1S/C13H18N4O2.ClH/c14-11-7-2-1-6(3-7)10(11)13(19)17-8-4-9(12(15)18)16-5-8;/h4-7,10-11,16H,1-3,14H2,(H2,15,18)(H,17,19);1H. The minimum atomic E-state index is -0.544. The van der Waals surface area contributed by atoms with Gasteiger partial charge in [0.1, 0.15) is 5.69 Å². The molecule has 2 aliphatic carbocycles. The number of halogens is 1. The van der Waals surface area contributed by atoms with Crippen LogP contribution < -0.4 is 16.8 Å². The van der Waals surface area contributed by atoms with Crippen LogP contribution in [0.1, 0.15) is 29.8 Å². The van der Waals surface area contributed by atoms with E-state index in [1.807, 2.05) is 0 Å². The van der Waals surface area contributed by atoms with Gasteiger partial charge in [0.25, 0.3) is 5.91 Å². The van der Waals surface area contributed by atoms with Crippen molar-refractivity contribution < 1.29 is 9.59 Å². The first-order chi connectivity index (χ1) is 9.06. The van der Waals surface area contributed by atoms with Gasteiger partial charge in [-0.1, -0.05) is 0 Å². The highest BCUT2D eigenvalue weighted by Crippen LogP contribution is 2.47. The Labute approximate surface area is 123 Å². The van der Waals surface area contributed by atoms with Gasteiger partial charge in [-0.2, -0.15) is 0 Å². The van der Waals surface area contributed by atoms with Crippen LogP contribution in [0.4, 0.5) is 5.69 Å². The predicted molar refractivity (Wildman–Crippen MR) is 77.5 cm³/mol. The molecule has 4 atom stereocenters. The molecule has 7 heteroatoms. The molecule has 2 bridgehead atoms. The highest BCUT2D eigenvalue weighted by Gasteiger charge is 2.49. The summed E-state index contributed by atoms with van der Waals surface area (Å²) in [5.41, 5.74) is 12.1. The number of nitrogens with two attached hydrogens (primary N) is 2. The molecule has 2 fully saturated rings. The van der Waals surface area contributed by atoms with Crippen LogP contribution in [0.25, 0.3) is 0 Å². The Morgan fingerprint density at radius 2 is 2.00 bits per heavy atom. The molecular weight excluding hydrogens is 280 g/mol. The number of carbonyl (C=O) groups excluding carboxylic acids is 2. The molecule has 2 saturated carbocycles. The van der Waals surface area contributed by atoms with E-state index < -0.39 is 5.91 Å². The average molecular weight is 299 g/mol. The summed E-state index contributed by atoms with van der Waals surface area (Å²) in [6, 6.07) is 1.51. The molecule has 110 valence electrons. The molecule has 2 amide bonds. The van der Waals surface area contributed by atoms with Crippen molar-refractivity contribution in [3.05, 3.63) is 18.0 Å². The van der Waals surface area contributed by atoms with Crippen molar-refractivity contribution >= 4 is 29.9 Å². The molecule has 4 unspecified atom stereocenters. The average Bonchev–Trinajstić information content (AvgIpc) is 3.02. The predicted octanol–water partition coefficient (Wildman–Crippen LogP) is 0.847. The summed E-state index contributed by atoms with van der Waals surface area (Å²) in [6.07, 6.45) is 4.87. The Bertz CT molecular complexity index is 528. The number of hydrogen-bond donors (Lipinski definition) is 4. The van der Waals surface area contributed by atoms with Crippen LogP contribution >= 0.6 is 12.4 Å². The second-order valence-electron chi connectivity index (χ2n) is 5.59. The van der Waals surface area contributed by atoms with Crippen molar-refractivity contribution in [3.63, 3.8) is 0 Å². The summed E-state index contributed by atoms with van der Waals surface area (Å²) in [5, 5.41) is 2.82. The van der Waals surface area contributed by atoms with Crippen LogP contribution in [0.5, 0.6) is 0 Å². The number of aromatic nitrogens is 1. The van der Waals surface area contributed by atoms with Crippen LogP contribution in [-0.2, 0) is 4.79 Å². The Morgan fingerprint density at radius 1 is 1.30 bits per heavy atom. The first kappa shape index (κ1) is 14.9. The number of aromatic amines is 1. The van der Waals surface area contributed by atoms with Gasteiger partial charge in [0.2, 0.25) is 5.91 Å². The van der Waals surface area contributed by atoms with Gasteiger partial charge in [-0.05, 0) is 37.2 Å². The summed E-state index contributed by atoms with van der Waals surface area (Å²) in [5.74, 6) is 0.209. The number of nitrogens with one attached hydrogen (secondary N) is 2. The normalized spacial score (nSPS) is 30.9. The fraction of sp³-hybridized carbons (Fsp3) is 0.538. The molecule has 3 rings (SSSR count). The van der Waals surface area contributed by atoms with Crippen molar-refractivity contribution in [3.8, 4) is 0 Å². The van der Waals surface area contributed by atoms with E-state index in [2.05, 4.69) is 10.3 Å². The molecule has 0 aliphatic heterocycles. The highest BCUT2D eigenvalue weighted by atomic mass is 35.5. The molecule has 0 aromatic carbocycles. The number of fused-ring (bicyclic) bond motifs is 2. The molecule has 6 N–H and O–H groups in total. The minimum absolute atomic E-state index is 0. The van der Waals surface area contributed by atoms with E-state index in [-0.39, 0.29) is 36.0 Å². The van der Waals surface area contributed by atoms with E-state index in [0.717, 1.165) is 19.3 Å². The molecule has 0 radical (unpaired) electrons. The van der Waals surface area contributed by atoms with E-state index in [0.29, 0.717) is 17.5 Å². The Kier molecular flexibility index (Phi) is 4.06. The lowest BCUT2D eigenvalue weighted by Crippen LogP contribution is -2.42. The molecule has 1 aromatic rings. The monoisotopic (exact) mass is 298 g/mol. The van der Waals surface area contributed by atoms with E-state index in [1.165, 1.54) is 0 Å². The first-order valence-corrected chi connectivity index (χ1v) is 6.61. The maximum absolute atomic E-state index is 12.3. The summed E-state index contributed by atoms with van der Waals surface area (Å²) in [6.45, 7) is 0. The lowest BCUT2D eigenvalue weighted by atomic mass is 9.84.